The molecule has 0 aliphatic carbocycles. The van der Waals surface area contributed by atoms with Crippen molar-refractivity contribution in [2.75, 3.05) is 11.9 Å². The standard InChI is InChI=1S/C30H55NO2Si/c1-34(2,3)27-21-19-17-15-13-11-9-7-5-4-6-8-10-12-14-16-18-20-26-31-29-24-22-28(23-25-29)30(32)33/h22-25,31H,4-21,26-27H2,1-3H3,(H,32,33). The smallest absolute Gasteiger partial charge is 0.335 e. The average molecular weight is 490 g/mol. The van der Waals surface area contributed by atoms with E-state index in [0.29, 0.717) is 5.56 Å². The Morgan fingerprint density at radius 3 is 1.32 bits per heavy atom. The second kappa shape index (κ2) is 20.0. The normalized spacial score (nSPS) is 11.6. The van der Waals surface area contributed by atoms with Crippen molar-refractivity contribution in [3.63, 3.8) is 0 Å². The summed E-state index contributed by atoms with van der Waals surface area (Å²) in [7, 11) is -0.799. The first-order valence-electron chi connectivity index (χ1n) is 14.5. The quantitative estimate of drug-likeness (QED) is 0.119. The maximum atomic E-state index is 10.9. The summed E-state index contributed by atoms with van der Waals surface area (Å²) in [5.41, 5.74) is 1.35. The number of carboxylic acid groups (broad SMARTS) is 1. The zero-order chi connectivity index (χ0) is 24.9. The molecule has 0 fully saturated rings. The van der Waals surface area contributed by atoms with Gasteiger partial charge in [0.15, 0.2) is 0 Å². The summed E-state index contributed by atoms with van der Waals surface area (Å²) in [5.74, 6) is -0.870. The number of carboxylic acids is 1. The fraction of sp³-hybridized carbons (Fsp3) is 0.767. The van der Waals surface area contributed by atoms with Crippen LogP contribution in [0.1, 0.15) is 126 Å². The molecule has 0 saturated heterocycles. The Morgan fingerprint density at radius 1 is 0.618 bits per heavy atom. The highest BCUT2D eigenvalue weighted by molar-refractivity contribution is 6.76. The van der Waals surface area contributed by atoms with Crippen LogP contribution in [0.3, 0.4) is 0 Å². The first-order valence-corrected chi connectivity index (χ1v) is 18.2. The second-order valence-electron chi connectivity index (χ2n) is 11.5. The van der Waals surface area contributed by atoms with Crippen molar-refractivity contribution < 1.29 is 9.90 Å². The number of benzene rings is 1. The minimum Gasteiger partial charge on any atom is -0.478 e. The molecule has 0 aliphatic rings. The van der Waals surface area contributed by atoms with Crippen molar-refractivity contribution >= 4 is 19.7 Å². The highest BCUT2D eigenvalue weighted by Gasteiger charge is 2.11. The Kier molecular flexibility index (Phi) is 18.0. The molecule has 4 heteroatoms. The molecule has 0 spiro atoms. The molecule has 0 unspecified atom stereocenters. The van der Waals surface area contributed by atoms with Gasteiger partial charge in [0.1, 0.15) is 0 Å². The molecule has 0 amide bonds. The highest BCUT2D eigenvalue weighted by Crippen LogP contribution is 2.17. The molecule has 34 heavy (non-hydrogen) atoms. The topological polar surface area (TPSA) is 49.3 Å². The molecule has 0 aromatic heterocycles. The van der Waals surface area contributed by atoms with Crippen molar-refractivity contribution in [2.24, 2.45) is 0 Å². The van der Waals surface area contributed by atoms with Crippen LogP contribution in [0.15, 0.2) is 24.3 Å². The van der Waals surface area contributed by atoms with Gasteiger partial charge in [0, 0.05) is 20.3 Å². The number of anilines is 1. The fourth-order valence-electron chi connectivity index (χ4n) is 4.57. The van der Waals surface area contributed by atoms with Gasteiger partial charge in [0.25, 0.3) is 0 Å². The minimum absolute atomic E-state index is 0.342. The van der Waals surface area contributed by atoms with E-state index >= 15 is 0 Å². The van der Waals surface area contributed by atoms with Gasteiger partial charge in [0.2, 0.25) is 0 Å². The van der Waals surface area contributed by atoms with Gasteiger partial charge in [-0.1, -0.05) is 135 Å². The van der Waals surface area contributed by atoms with E-state index in [1.807, 2.05) is 12.1 Å². The first kappa shape index (κ1) is 30.7. The molecule has 1 aromatic carbocycles. The lowest BCUT2D eigenvalue weighted by molar-refractivity contribution is 0.0697. The number of unbranched alkanes of at least 4 members (excludes halogenated alkanes) is 17. The van der Waals surface area contributed by atoms with Crippen molar-refractivity contribution in [3.8, 4) is 0 Å². The molecule has 3 nitrogen and oxygen atoms in total. The molecule has 196 valence electrons. The van der Waals surface area contributed by atoms with Crippen molar-refractivity contribution in [3.05, 3.63) is 29.8 Å². The number of aromatic carboxylic acids is 1. The summed E-state index contributed by atoms with van der Waals surface area (Å²) in [6, 6.07) is 8.52. The van der Waals surface area contributed by atoms with E-state index < -0.39 is 14.0 Å². The van der Waals surface area contributed by atoms with Crippen LogP contribution in [-0.4, -0.2) is 25.7 Å². The molecular formula is C30H55NO2Si. The number of hydrogen-bond donors (Lipinski definition) is 2. The van der Waals surface area contributed by atoms with Gasteiger partial charge in [-0.2, -0.15) is 0 Å². The molecule has 0 bridgehead atoms. The lowest BCUT2D eigenvalue weighted by Crippen LogP contribution is -2.18. The second-order valence-corrected chi connectivity index (χ2v) is 17.1. The van der Waals surface area contributed by atoms with Gasteiger partial charge in [-0.3, -0.25) is 0 Å². The molecule has 0 radical (unpaired) electrons. The lowest BCUT2D eigenvalue weighted by atomic mass is 10.0. The molecule has 0 atom stereocenters. The largest absolute Gasteiger partial charge is 0.478 e. The summed E-state index contributed by atoms with van der Waals surface area (Å²) in [6.07, 6.45) is 25.4. The van der Waals surface area contributed by atoms with E-state index in [1.165, 1.54) is 122 Å². The maximum Gasteiger partial charge on any atom is 0.335 e. The Morgan fingerprint density at radius 2 is 0.971 bits per heavy atom. The van der Waals surface area contributed by atoms with Gasteiger partial charge in [0.05, 0.1) is 5.56 Å². The van der Waals surface area contributed by atoms with Gasteiger partial charge in [-0.05, 0) is 30.7 Å². The summed E-state index contributed by atoms with van der Waals surface area (Å²) in [5, 5.41) is 12.3. The molecular weight excluding hydrogens is 434 g/mol. The zero-order valence-corrected chi connectivity index (χ0v) is 23.8. The fourth-order valence-corrected chi connectivity index (χ4v) is 5.88. The Bertz CT molecular complexity index is 609. The van der Waals surface area contributed by atoms with E-state index in [4.69, 9.17) is 5.11 Å². The maximum absolute atomic E-state index is 10.9. The monoisotopic (exact) mass is 489 g/mol. The van der Waals surface area contributed by atoms with Crippen LogP contribution in [0.25, 0.3) is 0 Å². The average Bonchev–Trinajstić information content (AvgIpc) is 2.79. The summed E-state index contributed by atoms with van der Waals surface area (Å²) >= 11 is 0. The predicted molar refractivity (Wildman–Crippen MR) is 153 cm³/mol. The Balaban J connectivity index is 1.74. The molecule has 1 rings (SSSR count). The SMILES string of the molecule is C[Si](C)(C)CCCCCCCCCCCCCCCCCCCCNc1ccc(C(=O)O)cc1. The minimum atomic E-state index is -0.870. The molecule has 1 aromatic rings. The van der Waals surface area contributed by atoms with Crippen LogP contribution in [0.5, 0.6) is 0 Å². The Hall–Kier alpha value is -1.29. The Labute approximate surface area is 212 Å². The van der Waals surface area contributed by atoms with E-state index in [1.54, 1.807) is 12.1 Å². The molecule has 0 heterocycles. The van der Waals surface area contributed by atoms with Crippen molar-refractivity contribution in [1.29, 1.82) is 0 Å². The molecule has 2 N–H and O–H groups in total. The third kappa shape index (κ3) is 19.1. The van der Waals surface area contributed by atoms with Crippen LogP contribution in [0.4, 0.5) is 5.69 Å². The summed E-state index contributed by atoms with van der Waals surface area (Å²) in [4.78, 5) is 10.9. The van der Waals surface area contributed by atoms with Crippen molar-refractivity contribution in [1.82, 2.24) is 0 Å². The molecule has 0 aliphatic heterocycles. The van der Waals surface area contributed by atoms with Crippen LogP contribution in [0, 0.1) is 0 Å². The lowest BCUT2D eigenvalue weighted by Gasteiger charge is -2.14. The van der Waals surface area contributed by atoms with E-state index in [-0.39, 0.29) is 0 Å². The number of carbonyl (C=O) groups is 1. The van der Waals surface area contributed by atoms with Crippen LogP contribution in [0.2, 0.25) is 25.7 Å². The van der Waals surface area contributed by atoms with Gasteiger partial charge < -0.3 is 10.4 Å². The number of hydrogen-bond acceptors (Lipinski definition) is 2. The number of nitrogens with one attached hydrogen (secondary N) is 1. The first-order chi connectivity index (χ1) is 16.4. The van der Waals surface area contributed by atoms with Gasteiger partial charge in [-0.25, -0.2) is 4.79 Å². The van der Waals surface area contributed by atoms with E-state index in [0.717, 1.165) is 12.2 Å². The highest BCUT2D eigenvalue weighted by atomic mass is 28.3. The van der Waals surface area contributed by atoms with Crippen molar-refractivity contribution in [2.45, 2.75) is 141 Å². The summed E-state index contributed by atoms with van der Waals surface area (Å²) < 4.78 is 0. The van der Waals surface area contributed by atoms with Crippen LogP contribution in [-0.2, 0) is 0 Å². The van der Waals surface area contributed by atoms with Gasteiger partial charge in [-0.15, -0.1) is 0 Å². The van der Waals surface area contributed by atoms with Gasteiger partial charge >= 0.3 is 5.97 Å². The predicted octanol–water partition coefficient (Wildman–Crippen LogP) is 10.2. The van der Waals surface area contributed by atoms with Crippen LogP contribution >= 0.6 is 0 Å². The van der Waals surface area contributed by atoms with E-state index in [2.05, 4.69) is 25.0 Å². The number of rotatable bonds is 23. The van der Waals surface area contributed by atoms with E-state index in [9.17, 15) is 4.79 Å². The molecule has 0 saturated carbocycles. The zero-order valence-electron chi connectivity index (χ0n) is 22.8. The van der Waals surface area contributed by atoms with Crippen LogP contribution < -0.4 is 5.32 Å². The third-order valence-electron chi connectivity index (χ3n) is 6.81. The summed E-state index contributed by atoms with van der Waals surface area (Å²) in [6.45, 7) is 8.44. The third-order valence-corrected chi connectivity index (χ3v) is 8.67.